The predicted molar refractivity (Wildman–Crippen MR) is 77.4 cm³/mol. The number of hydrogen-bond donors (Lipinski definition) is 1. The Hall–Kier alpha value is -0.350. The van der Waals surface area contributed by atoms with Crippen LogP contribution in [0.4, 0.5) is 0 Å². The Bertz CT molecular complexity index is 445. The van der Waals surface area contributed by atoms with Gasteiger partial charge in [-0.05, 0) is 65.1 Å². The molecule has 0 aromatic carbocycles. The summed E-state index contributed by atoms with van der Waals surface area (Å²) >= 11 is 5.12. The van der Waals surface area contributed by atoms with Crippen molar-refractivity contribution in [2.75, 3.05) is 0 Å². The predicted octanol–water partition coefficient (Wildman–Crippen LogP) is 3.95. The van der Waals surface area contributed by atoms with E-state index < -0.39 is 0 Å². The van der Waals surface area contributed by atoms with E-state index in [1.165, 1.54) is 30.6 Å². The van der Waals surface area contributed by atoms with Crippen molar-refractivity contribution in [3.63, 3.8) is 0 Å². The van der Waals surface area contributed by atoms with Gasteiger partial charge in [0.15, 0.2) is 0 Å². The van der Waals surface area contributed by atoms with Crippen molar-refractivity contribution >= 4 is 33.2 Å². The number of thiophene rings is 1. The third-order valence-electron chi connectivity index (χ3n) is 4.42. The normalized spacial score (nSPS) is 29.7. The minimum Gasteiger partial charge on any atom is -0.351 e. The summed E-state index contributed by atoms with van der Waals surface area (Å²) in [5.74, 6) is 2.67. The molecule has 0 saturated heterocycles. The fourth-order valence-corrected chi connectivity index (χ4v) is 4.99. The second kappa shape index (κ2) is 5.33. The minimum absolute atomic E-state index is 0.233. The molecule has 0 aliphatic heterocycles. The lowest BCUT2D eigenvalue weighted by atomic mass is 9.86. The summed E-state index contributed by atoms with van der Waals surface area (Å²) < 4.78 is 1.12. The zero-order chi connectivity index (χ0) is 12.5. The first-order valence-electron chi connectivity index (χ1n) is 6.71. The van der Waals surface area contributed by atoms with Crippen LogP contribution >= 0.6 is 27.3 Å². The molecule has 18 heavy (non-hydrogen) atoms. The fraction of sp³-hybridized carbons (Fsp3) is 0.643. The van der Waals surface area contributed by atoms with E-state index in [4.69, 9.17) is 0 Å². The van der Waals surface area contributed by atoms with Gasteiger partial charge in [0.05, 0.1) is 10.3 Å². The Kier molecular flexibility index (Phi) is 3.76. The zero-order valence-electron chi connectivity index (χ0n) is 10.3. The quantitative estimate of drug-likeness (QED) is 0.891. The highest BCUT2D eigenvalue weighted by molar-refractivity contribution is 9.11. The van der Waals surface area contributed by atoms with Crippen LogP contribution in [0.2, 0.25) is 0 Å². The van der Waals surface area contributed by atoms with Crippen LogP contribution in [0.1, 0.15) is 37.0 Å². The molecule has 1 heterocycles. The second-order valence-electron chi connectivity index (χ2n) is 5.62. The highest BCUT2D eigenvalue weighted by Crippen LogP contribution is 2.49. The number of hydrogen-bond acceptors (Lipinski definition) is 2. The lowest BCUT2D eigenvalue weighted by molar-refractivity contribution is -0.122. The Morgan fingerprint density at radius 3 is 2.89 bits per heavy atom. The highest BCUT2D eigenvalue weighted by Gasteiger charge is 2.39. The minimum atomic E-state index is 0.233. The molecular weight excluding hydrogens is 310 g/mol. The maximum absolute atomic E-state index is 11.9. The first-order chi connectivity index (χ1) is 8.70. The summed E-state index contributed by atoms with van der Waals surface area (Å²) in [5, 5.41) is 3.05. The molecule has 2 aliphatic rings. The van der Waals surface area contributed by atoms with Crippen molar-refractivity contribution in [3.8, 4) is 0 Å². The fourth-order valence-electron chi connectivity index (χ4n) is 3.57. The molecule has 2 aliphatic carbocycles. The number of carbonyl (C=O) groups excluding carboxylic acids is 1. The van der Waals surface area contributed by atoms with Crippen molar-refractivity contribution in [2.24, 2.45) is 17.8 Å². The van der Waals surface area contributed by atoms with Crippen molar-refractivity contribution in [1.29, 1.82) is 0 Å². The van der Waals surface area contributed by atoms with Gasteiger partial charge in [-0.1, -0.05) is 6.42 Å². The van der Waals surface area contributed by atoms with Gasteiger partial charge in [0.25, 0.3) is 0 Å². The number of rotatable bonds is 4. The van der Waals surface area contributed by atoms with Crippen LogP contribution in [-0.4, -0.2) is 5.91 Å². The number of amides is 1. The van der Waals surface area contributed by atoms with Gasteiger partial charge >= 0.3 is 0 Å². The number of nitrogens with one attached hydrogen (secondary N) is 1. The maximum atomic E-state index is 11.9. The molecule has 2 saturated carbocycles. The van der Waals surface area contributed by atoms with Crippen molar-refractivity contribution in [1.82, 2.24) is 5.32 Å². The van der Waals surface area contributed by atoms with E-state index in [1.54, 1.807) is 11.3 Å². The summed E-state index contributed by atoms with van der Waals surface area (Å²) in [4.78, 5) is 13.1. The first-order valence-corrected chi connectivity index (χ1v) is 8.32. The molecule has 2 nitrogen and oxygen atoms in total. The molecule has 3 unspecified atom stereocenters. The van der Waals surface area contributed by atoms with Crippen LogP contribution in [-0.2, 0) is 11.3 Å². The summed E-state index contributed by atoms with van der Waals surface area (Å²) in [6.45, 7) is 0.677. The van der Waals surface area contributed by atoms with Crippen LogP contribution in [0.25, 0.3) is 0 Å². The van der Waals surface area contributed by atoms with Crippen molar-refractivity contribution in [3.05, 3.63) is 20.8 Å². The maximum Gasteiger partial charge on any atom is 0.220 e. The highest BCUT2D eigenvalue weighted by atomic mass is 79.9. The van der Waals surface area contributed by atoms with E-state index >= 15 is 0 Å². The summed E-state index contributed by atoms with van der Waals surface area (Å²) in [6.07, 6.45) is 6.19. The zero-order valence-corrected chi connectivity index (χ0v) is 12.7. The second-order valence-corrected chi connectivity index (χ2v) is 8.17. The van der Waals surface area contributed by atoms with Gasteiger partial charge in [-0.15, -0.1) is 11.3 Å². The monoisotopic (exact) mass is 327 g/mol. The average molecular weight is 328 g/mol. The van der Waals surface area contributed by atoms with Crippen molar-refractivity contribution < 1.29 is 4.79 Å². The smallest absolute Gasteiger partial charge is 0.220 e. The van der Waals surface area contributed by atoms with Crippen LogP contribution in [0.5, 0.6) is 0 Å². The Morgan fingerprint density at radius 1 is 1.39 bits per heavy atom. The molecule has 0 radical (unpaired) electrons. The third-order valence-corrected chi connectivity index (χ3v) is 6.04. The average Bonchev–Trinajstić information content (AvgIpc) is 3.03. The lowest BCUT2D eigenvalue weighted by Crippen LogP contribution is -2.26. The molecule has 1 N–H and O–H groups in total. The number of carbonyl (C=O) groups is 1. The topological polar surface area (TPSA) is 29.1 Å². The van der Waals surface area contributed by atoms with E-state index in [9.17, 15) is 4.79 Å². The van der Waals surface area contributed by atoms with Crippen LogP contribution < -0.4 is 5.32 Å². The molecule has 1 aromatic rings. The van der Waals surface area contributed by atoms with Gasteiger partial charge in [-0.2, -0.15) is 0 Å². The molecule has 1 amide bonds. The largest absolute Gasteiger partial charge is 0.351 e. The molecule has 3 atom stereocenters. The Labute approximate surface area is 120 Å². The van der Waals surface area contributed by atoms with E-state index in [1.807, 2.05) is 6.07 Å². The van der Waals surface area contributed by atoms with Crippen LogP contribution in [0.3, 0.4) is 0 Å². The van der Waals surface area contributed by atoms with Gasteiger partial charge in [-0.3, -0.25) is 4.79 Å². The van der Waals surface area contributed by atoms with E-state index in [2.05, 4.69) is 27.3 Å². The summed E-state index contributed by atoms with van der Waals surface area (Å²) in [6, 6.07) is 4.09. The van der Waals surface area contributed by atoms with Crippen LogP contribution in [0, 0.1) is 17.8 Å². The van der Waals surface area contributed by atoms with Gasteiger partial charge in [0, 0.05) is 11.3 Å². The van der Waals surface area contributed by atoms with Gasteiger partial charge in [0.1, 0.15) is 0 Å². The number of fused-ring (bicyclic) bond motifs is 2. The van der Waals surface area contributed by atoms with Gasteiger partial charge < -0.3 is 5.32 Å². The Balaban J connectivity index is 1.45. The van der Waals surface area contributed by atoms with Gasteiger partial charge in [-0.25, -0.2) is 0 Å². The molecule has 4 heteroatoms. The molecule has 98 valence electrons. The van der Waals surface area contributed by atoms with E-state index in [0.717, 1.165) is 22.0 Å². The Morgan fingerprint density at radius 2 is 2.28 bits per heavy atom. The molecular formula is C14H18BrNOS. The van der Waals surface area contributed by atoms with Crippen LogP contribution in [0.15, 0.2) is 15.9 Å². The molecule has 3 rings (SSSR count). The van der Waals surface area contributed by atoms with Crippen molar-refractivity contribution in [2.45, 2.75) is 38.6 Å². The number of halogens is 1. The summed E-state index contributed by atoms with van der Waals surface area (Å²) in [5.41, 5.74) is 0. The lowest BCUT2D eigenvalue weighted by Gasteiger charge is -2.20. The third kappa shape index (κ3) is 2.80. The molecule has 2 bridgehead atoms. The molecule has 2 fully saturated rings. The first kappa shape index (κ1) is 12.7. The summed E-state index contributed by atoms with van der Waals surface area (Å²) in [7, 11) is 0. The standard InChI is InChI=1S/C14H18BrNOS/c15-13-4-3-12(18-13)8-16-14(17)7-11-6-9-1-2-10(11)5-9/h3-4,9-11H,1-2,5-8H2,(H,16,17). The van der Waals surface area contributed by atoms with E-state index in [0.29, 0.717) is 12.5 Å². The SMILES string of the molecule is O=C(CC1CC2CCC1C2)NCc1ccc(Br)s1. The molecule has 0 spiro atoms. The van der Waals surface area contributed by atoms with E-state index in [-0.39, 0.29) is 5.91 Å². The van der Waals surface area contributed by atoms with Gasteiger partial charge in [0.2, 0.25) is 5.91 Å². The molecule has 1 aromatic heterocycles.